The van der Waals surface area contributed by atoms with Crippen molar-refractivity contribution in [2.75, 3.05) is 0 Å². The van der Waals surface area contributed by atoms with Crippen LogP contribution in [0.25, 0.3) is 0 Å². The zero-order valence-corrected chi connectivity index (χ0v) is 13.0. The zero-order chi connectivity index (χ0) is 14.9. The van der Waals surface area contributed by atoms with E-state index >= 15 is 0 Å². The lowest BCUT2D eigenvalue weighted by molar-refractivity contribution is 0.319. The van der Waals surface area contributed by atoms with Gasteiger partial charge in [0, 0.05) is 11.1 Å². The van der Waals surface area contributed by atoms with E-state index in [1.165, 1.54) is 0 Å². The Morgan fingerprint density at radius 2 is 1.45 bits per heavy atom. The van der Waals surface area contributed by atoms with Crippen LogP contribution in [0.3, 0.4) is 0 Å². The Morgan fingerprint density at radius 1 is 0.950 bits per heavy atom. The Morgan fingerprint density at radius 3 is 1.90 bits per heavy atom. The maximum absolute atomic E-state index is 9.47. The number of aryl methyl sites for hydroxylation is 3. The van der Waals surface area contributed by atoms with E-state index in [-0.39, 0.29) is 0 Å². The number of hydrogen-bond donors (Lipinski definition) is 1. The molecular formula is C16H15Cl2NO. The smallest absolute Gasteiger partial charge is 0.120 e. The van der Waals surface area contributed by atoms with Crippen molar-refractivity contribution in [3.63, 3.8) is 0 Å². The molecule has 0 saturated heterocycles. The van der Waals surface area contributed by atoms with Crippen LogP contribution >= 0.6 is 23.2 Å². The first-order chi connectivity index (χ1) is 9.45. The number of nitrogens with zero attached hydrogens (tertiary/aromatic N) is 1. The van der Waals surface area contributed by atoms with Gasteiger partial charge in [-0.05, 0) is 44.0 Å². The highest BCUT2D eigenvalue weighted by Gasteiger charge is 2.19. The monoisotopic (exact) mass is 307 g/mol. The maximum Gasteiger partial charge on any atom is 0.120 e. The molecule has 4 heteroatoms. The molecule has 0 aliphatic carbocycles. The third-order valence-electron chi connectivity index (χ3n) is 3.21. The van der Waals surface area contributed by atoms with E-state index in [2.05, 4.69) is 5.16 Å². The standard InChI is InChI=1S/C16H15Cl2NO/c1-9-7-10(2)14(11(3)8-9)16(19-20)15-12(17)5-4-6-13(15)18/h4-8,20H,1-3H3/b19-16+. The average Bonchev–Trinajstić information content (AvgIpc) is 2.35. The fourth-order valence-corrected chi connectivity index (χ4v) is 3.08. The SMILES string of the molecule is Cc1cc(C)c(/C(=N\O)c2c(Cl)cccc2Cl)c(C)c1. The predicted octanol–water partition coefficient (Wildman–Crippen LogP) is 5.15. The van der Waals surface area contributed by atoms with E-state index in [1.807, 2.05) is 32.9 Å². The second-order valence-electron chi connectivity index (χ2n) is 4.82. The van der Waals surface area contributed by atoms with E-state index in [9.17, 15) is 5.21 Å². The number of hydrogen-bond acceptors (Lipinski definition) is 2. The van der Waals surface area contributed by atoms with E-state index in [4.69, 9.17) is 23.2 Å². The molecule has 0 aliphatic rings. The molecule has 0 aliphatic heterocycles. The van der Waals surface area contributed by atoms with Crippen molar-refractivity contribution in [2.24, 2.45) is 5.16 Å². The summed E-state index contributed by atoms with van der Waals surface area (Å²) in [5.41, 5.74) is 5.00. The second-order valence-corrected chi connectivity index (χ2v) is 5.63. The molecule has 2 aromatic carbocycles. The van der Waals surface area contributed by atoms with Gasteiger partial charge in [-0.15, -0.1) is 0 Å². The summed E-state index contributed by atoms with van der Waals surface area (Å²) in [5, 5.41) is 13.8. The minimum Gasteiger partial charge on any atom is -0.410 e. The van der Waals surface area contributed by atoms with Gasteiger partial charge in [0.25, 0.3) is 0 Å². The Balaban J connectivity index is 2.73. The van der Waals surface area contributed by atoms with Gasteiger partial charge in [-0.3, -0.25) is 0 Å². The Bertz CT molecular complexity index is 650. The molecule has 2 nitrogen and oxygen atoms in total. The van der Waals surface area contributed by atoms with E-state index in [1.54, 1.807) is 18.2 Å². The highest BCUT2D eigenvalue weighted by Crippen LogP contribution is 2.30. The Kier molecular flexibility index (Phi) is 4.36. The van der Waals surface area contributed by atoms with Crippen LogP contribution in [0, 0.1) is 20.8 Å². The van der Waals surface area contributed by atoms with Crippen LogP contribution in [0.1, 0.15) is 27.8 Å². The summed E-state index contributed by atoms with van der Waals surface area (Å²) >= 11 is 12.4. The molecule has 104 valence electrons. The quantitative estimate of drug-likeness (QED) is 0.465. The van der Waals surface area contributed by atoms with Gasteiger partial charge in [-0.1, -0.05) is 52.1 Å². The van der Waals surface area contributed by atoms with Gasteiger partial charge in [0.1, 0.15) is 5.71 Å². The van der Waals surface area contributed by atoms with E-state index < -0.39 is 0 Å². The summed E-state index contributed by atoms with van der Waals surface area (Å²) in [6.45, 7) is 5.98. The lowest BCUT2D eigenvalue weighted by atomic mass is 9.92. The van der Waals surface area contributed by atoms with Gasteiger partial charge in [0.2, 0.25) is 0 Å². The van der Waals surface area contributed by atoms with Gasteiger partial charge in [-0.25, -0.2) is 0 Å². The molecule has 0 heterocycles. The topological polar surface area (TPSA) is 32.6 Å². The molecule has 0 bridgehead atoms. The second kappa shape index (κ2) is 5.86. The lowest BCUT2D eigenvalue weighted by Gasteiger charge is -2.15. The number of benzene rings is 2. The molecule has 0 aromatic heterocycles. The summed E-state index contributed by atoms with van der Waals surface area (Å²) in [5.74, 6) is 0. The highest BCUT2D eigenvalue weighted by molar-refractivity contribution is 6.41. The van der Waals surface area contributed by atoms with Crippen molar-refractivity contribution < 1.29 is 5.21 Å². The first kappa shape index (κ1) is 14.9. The molecule has 1 N–H and O–H groups in total. The normalized spacial score (nSPS) is 11.8. The molecule has 0 amide bonds. The maximum atomic E-state index is 9.47. The van der Waals surface area contributed by atoms with Gasteiger partial charge >= 0.3 is 0 Å². The van der Waals surface area contributed by atoms with Crippen LogP contribution in [0.4, 0.5) is 0 Å². The van der Waals surface area contributed by atoms with Crippen molar-refractivity contribution in [3.8, 4) is 0 Å². The third kappa shape index (κ3) is 2.67. The molecule has 0 atom stereocenters. The molecule has 0 saturated carbocycles. The molecule has 2 rings (SSSR count). The van der Waals surface area contributed by atoms with Gasteiger partial charge in [0.15, 0.2) is 0 Å². The number of oxime groups is 1. The predicted molar refractivity (Wildman–Crippen MR) is 84.5 cm³/mol. The highest BCUT2D eigenvalue weighted by atomic mass is 35.5. The van der Waals surface area contributed by atoms with Crippen molar-refractivity contribution >= 4 is 28.9 Å². The molecule has 0 radical (unpaired) electrons. The fraction of sp³-hybridized carbons (Fsp3) is 0.188. The molecule has 2 aromatic rings. The third-order valence-corrected chi connectivity index (χ3v) is 3.84. The molecular weight excluding hydrogens is 293 g/mol. The van der Waals surface area contributed by atoms with Crippen LogP contribution in [0.5, 0.6) is 0 Å². The number of halogens is 2. The average molecular weight is 308 g/mol. The van der Waals surface area contributed by atoms with E-state index in [0.29, 0.717) is 21.3 Å². The zero-order valence-electron chi connectivity index (χ0n) is 11.5. The number of rotatable bonds is 2. The fourth-order valence-electron chi connectivity index (χ4n) is 2.50. The van der Waals surface area contributed by atoms with Crippen molar-refractivity contribution in [3.05, 3.63) is 68.2 Å². The lowest BCUT2D eigenvalue weighted by Crippen LogP contribution is -2.10. The summed E-state index contributed by atoms with van der Waals surface area (Å²) < 4.78 is 0. The summed E-state index contributed by atoms with van der Waals surface area (Å²) in [6, 6.07) is 9.30. The van der Waals surface area contributed by atoms with Crippen molar-refractivity contribution in [1.82, 2.24) is 0 Å². The Hall–Kier alpha value is -1.51. The first-order valence-electron chi connectivity index (χ1n) is 6.20. The molecule has 0 unspecified atom stereocenters. The van der Waals surface area contributed by atoms with Gasteiger partial charge in [-0.2, -0.15) is 0 Å². The summed E-state index contributed by atoms with van der Waals surface area (Å²) in [7, 11) is 0. The van der Waals surface area contributed by atoms with Gasteiger partial charge in [0.05, 0.1) is 10.0 Å². The van der Waals surface area contributed by atoms with E-state index in [0.717, 1.165) is 22.3 Å². The summed E-state index contributed by atoms with van der Waals surface area (Å²) in [4.78, 5) is 0. The minimum atomic E-state index is 0.399. The Labute approximate surface area is 128 Å². The minimum absolute atomic E-state index is 0.399. The van der Waals surface area contributed by atoms with Crippen LogP contribution in [0.2, 0.25) is 10.0 Å². The summed E-state index contributed by atoms with van der Waals surface area (Å²) in [6.07, 6.45) is 0. The van der Waals surface area contributed by atoms with Crippen LogP contribution in [0.15, 0.2) is 35.5 Å². The van der Waals surface area contributed by atoms with Gasteiger partial charge < -0.3 is 5.21 Å². The van der Waals surface area contributed by atoms with Crippen LogP contribution < -0.4 is 0 Å². The first-order valence-corrected chi connectivity index (χ1v) is 6.96. The van der Waals surface area contributed by atoms with Crippen molar-refractivity contribution in [1.29, 1.82) is 0 Å². The van der Waals surface area contributed by atoms with Crippen LogP contribution in [-0.2, 0) is 0 Å². The molecule has 0 fully saturated rings. The molecule has 20 heavy (non-hydrogen) atoms. The van der Waals surface area contributed by atoms with Crippen molar-refractivity contribution in [2.45, 2.75) is 20.8 Å². The largest absolute Gasteiger partial charge is 0.410 e. The van der Waals surface area contributed by atoms with Crippen LogP contribution in [-0.4, -0.2) is 10.9 Å². The molecule has 0 spiro atoms.